The summed E-state index contributed by atoms with van der Waals surface area (Å²) in [6.07, 6.45) is 5.31. The number of nitrogens with zero attached hydrogens (tertiary/aromatic N) is 2. The lowest BCUT2D eigenvalue weighted by atomic mass is 10.1. The van der Waals surface area contributed by atoms with Gasteiger partial charge in [0.25, 0.3) is 0 Å². The van der Waals surface area contributed by atoms with Crippen molar-refractivity contribution in [3.63, 3.8) is 0 Å². The Bertz CT molecular complexity index is 336. The van der Waals surface area contributed by atoms with Gasteiger partial charge in [0.1, 0.15) is 0 Å². The average molecular weight is 269 g/mol. The van der Waals surface area contributed by atoms with Crippen molar-refractivity contribution in [1.29, 1.82) is 0 Å². The van der Waals surface area contributed by atoms with Gasteiger partial charge in [-0.2, -0.15) is 5.10 Å². The molecule has 1 N–H and O–H groups in total. The fourth-order valence-electron chi connectivity index (χ4n) is 1.99. The summed E-state index contributed by atoms with van der Waals surface area (Å²) < 4.78 is 1.96. The van der Waals surface area contributed by atoms with E-state index in [1.807, 2.05) is 30.4 Å². The molecule has 1 aromatic rings. The van der Waals surface area contributed by atoms with E-state index in [0.717, 1.165) is 18.0 Å². The largest absolute Gasteiger partial charge is 0.313 e. The van der Waals surface area contributed by atoms with Crippen LogP contribution >= 0.6 is 11.8 Å². The van der Waals surface area contributed by atoms with E-state index < -0.39 is 0 Å². The van der Waals surface area contributed by atoms with Crippen LogP contribution in [0, 0.1) is 6.92 Å². The maximum Gasteiger partial charge on any atom is 0.0939 e. The van der Waals surface area contributed by atoms with Crippen LogP contribution in [-0.2, 0) is 7.05 Å². The van der Waals surface area contributed by atoms with Crippen LogP contribution in [0.5, 0.6) is 0 Å². The smallest absolute Gasteiger partial charge is 0.0939 e. The molecule has 0 aliphatic rings. The van der Waals surface area contributed by atoms with Crippen molar-refractivity contribution >= 4 is 11.8 Å². The lowest BCUT2D eigenvalue weighted by molar-refractivity contribution is 0.502. The molecule has 4 heteroatoms. The minimum atomic E-state index is 0.644. The summed E-state index contributed by atoms with van der Waals surface area (Å²) in [4.78, 5) is 0. The molecule has 18 heavy (non-hydrogen) atoms. The third-order valence-electron chi connectivity index (χ3n) is 3.04. The predicted molar refractivity (Wildman–Crippen MR) is 80.3 cm³/mol. The fourth-order valence-corrected chi connectivity index (χ4v) is 2.90. The Morgan fingerprint density at radius 1 is 1.44 bits per heavy atom. The summed E-state index contributed by atoms with van der Waals surface area (Å²) >= 11 is 1.88. The molecule has 1 rings (SSSR count). The Kier molecular flexibility index (Phi) is 7.44. The van der Waals surface area contributed by atoms with Gasteiger partial charge in [0.2, 0.25) is 0 Å². The quantitative estimate of drug-likeness (QED) is 0.550. The van der Waals surface area contributed by atoms with Crippen molar-refractivity contribution in [2.75, 3.05) is 12.3 Å². The minimum Gasteiger partial charge on any atom is -0.313 e. The zero-order valence-electron chi connectivity index (χ0n) is 12.2. The highest BCUT2D eigenvalue weighted by Crippen LogP contribution is 2.17. The molecule has 0 bridgehead atoms. The molecular weight excluding hydrogens is 242 g/mol. The Morgan fingerprint density at radius 3 is 2.83 bits per heavy atom. The molecule has 0 radical (unpaired) electrons. The number of unbranched alkanes of at least 4 members (excludes halogenated alkanes) is 2. The molecular formula is C14H27N3S. The van der Waals surface area contributed by atoms with Gasteiger partial charge in [0, 0.05) is 25.4 Å². The highest BCUT2D eigenvalue weighted by Gasteiger charge is 2.03. The summed E-state index contributed by atoms with van der Waals surface area (Å²) in [5.41, 5.74) is 1.10. The summed E-state index contributed by atoms with van der Waals surface area (Å²) in [5.74, 6) is 1.11. The van der Waals surface area contributed by atoms with E-state index in [2.05, 4.69) is 30.3 Å². The minimum absolute atomic E-state index is 0.644. The number of nitrogens with one attached hydrogen (secondary N) is 1. The monoisotopic (exact) mass is 269 g/mol. The van der Waals surface area contributed by atoms with E-state index in [1.165, 1.54) is 30.7 Å². The average Bonchev–Trinajstić information content (AvgIpc) is 2.64. The molecule has 0 amide bonds. The van der Waals surface area contributed by atoms with Gasteiger partial charge in [-0.05, 0) is 26.3 Å². The zero-order chi connectivity index (χ0) is 13.4. The Labute approximate surface area is 116 Å². The maximum atomic E-state index is 4.35. The predicted octanol–water partition coefficient (Wildman–Crippen LogP) is 3.38. The van der Waals surface area contributed by atoms with Crippen LogP contribution in [0.1, 0.15) is 45.2 Å². The van der Waals surface area contributed by atoms with Gasteiger partial charge in [0.15, 0.2) is 0 Å². The van der Waals surface area contributed by atoms with Crippen molar-refractivity contribution in [2.24, 2.45) is 7.05 Å². The topological polar surface area (TPSA) is 29.9 Å². The third-order valence-corrected chi connectivity index (χ3v) is 4.13. The highest BCUT2D eigenvalue weighted by molar-refractivity contribution is 7.99. The standard InChI is InChI=1S/C14H27N3S/c1-5-6-7-8-12(2)15-9-10-18-14-11-13(3)16-17(14)4/h11-12,15H,5-10H2,1-4H3. The second-order valence-electron chi connectivity index (χ2n) is 4.95. The van der Waals surface area contributed by atoms with Crippen LogP contribution in [0.4, 0.5) is 0 Å². The van der Waals surface area contributed by atoms with Gasteiger partial charge in [0.05, 0.1) is 10.7 Å². The molecule has 1 unspecified atom stereocenters. The van der Waals surface area contributed by atoms with Crippen LogP contribution in [-0.4, -0.2) is 28.1 Å². The number of thioether (sulfide) groups is 1. The summed E-state index contributed by atoms with van der Waals surface area (Å²) in [6, 6.07) is 2.79. The van der Waals surface area contributed by atoms with Crippen molar-refractivity contribution < 1.29 is 0 Å². The lowest BCUT2D eigenvalue weighted by Gasteiger charge is -2.13. The van der Waals surface area contributed by atoms with Gasteiger partial charge in [-0.15, -0.1) is 11.8 Å². The van der Waals surface area contributed by atoms with Crippen molar-refractivity contribution in [1.82, 2.24) is 15.1 Å². The van der Waals surface area contributed by atoms with Gasteiger partial charge in [-0.1, -0.05) is 26.2 Å². The number of aromatic nitrogens is 2. The number of aryl methyl sites for hydroxylation is 2. The highest BCUT2D eigenvalue weighted by atomic mass is 32.2. The Morgan fingerprint density at radius 2 is 2.22 bits per heavy atom. The second kappa shape index (κ2) is 8.59. The van der Waals surface area contributed by atoms with E-state index in [0.29, 0.717) is 6.04 Å². The molecule has 0 saturated heterocycles. The van der Waals surface area contributed by atoms with Gasteiger partial charge >= 0.3 is 0 Å². The fraction of sp³-hybridized carbons (Fsp3) is 0.786. The molecule has 0 aliphatic heterocycles. The second-order valence-corrected chi connectivity index (χ2v) is 6.06. The van der Waals surface area contributed by atoms with Crippen LogP contribution in [0.15, 0.2) is 11.1 Å². The van der Waals surface area contributed by atoms with Crippen LogP contribution in [0.3, 0.4) is 0 Å². The first-order chi connectivity index (χ1) is 8.63. The van der Waals surface area contributed by atoms with E-state index >= 15 is 0 Å². The number of rotatable bonds is 9. The summed E-state index contributed by atoms with van der Waals surface area (Å²) in [6.45, 7) is 7.65. The van der Waals surface area contributed by atoms with E-state index in [1.54, 1.807) is 0 Å². The van der Waals surface area contributed by atoms with Crippen LogP contribution < -0.4 is 5.32 Å². The molecule has 1 aromatic heterocycles. The van der Waals surface area contributed by atoms with E-state index in [-0.39, 0.29) is 0 Å². The van der Waals surface area contributed by atoms with Gasteiger partial charge < -0.3 is 5.32 Å². The van der Waals surface area contributed by atoms with Crippen LogP contribution in [0.2, 0.25) is 0 Å². The molecule has 0 saturated carbocycles. The van der Waals surface area contributed by atoms with E-state index in [9.17, 15) is 0 Å². The number of hydrogen-bond donors (Lipinski definition) is 1. The van der Waals surface area contributed by atoms with E-state index in [4.69, 9.17) is 0 Å². The summed E-state index contributed by atoms with van der Waals surface area (Å²) in [7, 11) is 2.01. The van der Waals surface area contributed by atoms with Crippen molar-refractivity contribution in [3.8, 4) is 0 Å². The molecule has 0 aromatic carbocycles. The molecule has 0 spiro atoms. The first-order valence-electron chi connectivity index (χ1n) is 7.00. The first-order valence-corrected chi connectivity index (χ1v) is 7.99. The Hall–Kier alpha value is -0.480. The molecule has 0 fully saturated rings. The molecule has 3 nitrogen and oxygen atoms in total. The molecule has 1 heterocycles. The van der Waals surface area contributed by atoms with Gasteiger partial charge in [-0.3, -0.25) is 4.68 Å². The molecule has 104 valence electrons. The normalized spacial score (nSPS) is 12.9. The van der Waals surface area contributed by atoms with Gasteiger partial charge in [-0.25, -0.2) is 0 Å². The number of hydrogen-bond acceptors (Lipinski definition) is 3. The maximum absolute atomic E-state index is 4.35. The molecule has 1 atom stereocenters. The third kappa shape index (κ3) is 5.91. The SMILES string of the molecule is CCCCCC(C)NCCSc1cc(C)nn1C. The van der Waals surface area contributed by atoms with Crippen molar-refractivity contribution in [3.05, 3.63) is 11.8 Å². The lowest BCUT2D eigenvalue weighted by Crippen LogP contribution is -2.28. The Balaban J connectivity index is 2.09. The first kappa shape index (κ1) is 15.6. The van der Waals surface area contributed by atoms with Crippen LogP contribution in [0.25, 0.3) is 0 Å². The molecule has 0 aliphatic carbocycles. The summed E-state index contributed by atoms with van der Waals surface area (Å²) in [5, 5.41) is 9.20. The van der Waals surface area contributed by atoms with Crippen molar-refractivity contribution in [2.45, 2.75) is 57.5 Å². The zero-order valence-corrected chi connectivity index (χ0v) is 13.0.